The van der Waals surface area contributed by atoms with Gasteiger partial charge < -0.3 is 24.2 Å². The van der Waals surface area contributed by atoms with Crippen molar-refractivity contribution >= 4 is 11.9 Å². The van der Waals surface area contributed by atoms with Crippen LogP contribution in [0, 0.1) is 11.8 Å². The van der Waals surface area contributed by atoms with Crippen molar-refractivity contribution in [3.05, 3.63) is 60.2 Å². The maximum absolute atomic E-state index is 12.6. The monoisotopic (exact) mass is 425 g/mol. The molecular weight excluding hydrogens is 398 g/mol. The van der Waals surface area contributed by atoms with Gasteiger partial charge in [0.05, 0.1) is 18.8 Å². The predicted octanol–water partition coefficient (Wildman–Crippen LogP) is 2.53. The number of carbonyl (C=O) groups is 2. The molecule has 0 unspecified atom stereocenters. The number of aliphatic hydroxyl groups excluding tert-OH is 1. The zero-order chi connectivity index (χ0) is 21.8. The van der Waals surface area contributed by atoms with Crippen LogP contribution in [-0.2, 0) is 9.53 Å². The number of benzene rings is 2. The summed E-state index contributed by atoms with van der Waals surface area (Å²) in [6, 6.07) is 16.0. The van der Waals surface area contributed by atoms with Gasteiger partial charge in [0, 0.05) is 13.1 Å². The molecule has 1 N–H and O–H groups in total. The van der Waals surface area contributed by atoms with E-state index in [0.29, 0.717) is 43.0 Å². The van der Waals surface area contributed by atoms with Gasteiger partial charge >= 0.3 is 5.97 Å². The van der Waals surface area contributed by atoms with Gasteiger partial charge in [0.1, 0.15) is 17.6 Å². The van der Waals surface area contributed by atoms with Crippen LogP contribution >= 0.6 is 0 Å². The van der Waals surface area contributed by atoms with E-state index in [-0.39, 0.29) is 30.5 Å². The van der Waals surface area contributed by atoms with Gasteiger partial charge in [0.2, 0.25) is 0 Å². The molecule has 7 heteroatoms. The van der Waals surface area contributed by atoms with Crippen LogP contribution in [-0.4, -0.2) is 60.9 Å². The number of fused-ring (bicyclic) bond motifs is 1. The van der Waals surface area contributed by atoms with Crippen LogP contribution in [0.15, 0.2) is 54.6 Å². The van der Waals surface area contributed by atoms with Gasteiger partial charge in [-0.25, -0.2) is 4.79 Å². The van der Waals surface area contributed by atoms with Crippen LogP contribution in [0.5, 0.6) is 11.5 Å². The van der Waals surface area contributed by atoms with Gasteiger partial charge in [-0.2, -0.15) is 0 Å². The van der Waals surface area contributed by atoms with E-state index >= 15 is 0 Å². The number of esters is 1. The van der Waals surface area contributed by atoms with E-state index in [0.717, 1.165) is 0 Å². The number of rotatable bonds is 6. The third kappa shape index (κ3) is 4.99. The molecule has 4 atom stereocenters. The van der Waals surface area contributed by atoms with Crippen LogP contribution in [0.2, 0.25) is 0 Å². The van der Waals surface area contributed by atoms with Crippen molar-refractivity contribution in [3.8, 4) is 11.5 Å². The average Bonchev–Trinajstić information content (AvgIpc) is 3.21. The van der Waals surface area contributed by atoms with Gasteiger partial charge in [0.25, 0.3) is 5.91 Å². The summed E-state index contributed by atoms with van der Waals surface area (Å²) in [5.41, 5.74) is 0.446. The Morgan fingerprint density at radius 3 is 2.32 bits per heavy atom. The van der Waals surface area contributed by atoms with E-state index in [1.54, 1.807) is 24.3 Å². The Labute approximate surface area is 181 Å². The summed E-state index contributed by atoms with van der Waals surface area (Å²) in [4.78, 5) is 26.0. The molecule has 2 fully saturated rings. The Morgan fingerprint density at radius 2 is 1.65 bits per heavy atom. The molecular formula is C24H27NO6. The number of para-hydroxylation sites is 1. The minimum Gasteiger partial charge on any atom is -0.488 e. The Hall–Kier alpha value is -3.06. The first kappa shape index (κ1) is 21.2. The number of aliphatic hydroxyl groups is 1. The fourth-order valence-corrected chi connectivity index (χ4v) is 4.44. The van der Waals surface area contributed by atoms with E-state index < -0.39 is 12.1 Å². The molecule has 0 aromatic heterocycles. The Morgan fingerprint density at radius 1 is 0.968 bits per heavy atom. The van der Waals surface area contributed by atoms with Crippen molar-refractivity contribution in [2.24, 2.45) is 11.8 Å². The third-order valence-corrected chi connectivity index (χ3v) is 6.11. The molecule has 1 aliphatic carbocycles. The van der Waals surface area contributed by atoms with Crippen LogP contribution in [0.25, 0.3) is 0 Å². The zero-order valence-corrected chi connectivity index (χ0v) is 17.5. The van der Waals surface area contributed by atoms with Gasteiger partial charge in [-0.1, -0.05) is 18.2 Å². The highest BCUT2D eigenvalue weighted by Crippen LogP contribution is 2.38. The fourth-order valence-electron chi connectivity index (χ4n) is 4.44. The molecule has 1 saturated heterocycles. The lowest BCUT2D eigenvalue weighted by Gasteiger charge is -2.35. The quantitative estimate of drug-likeness (QED) is 0.716. The highest BCUT2D eigenvalue weighted by Gasteiger charge is 2.43. The molecule has 4 rings (SSSR count). The normalized spacial score (nSPS) is 24.9. The molecule has 1 saturated carbocycles. The van der Waals surface area contributed by atoms with E-state index in [9.17, 15) is 14.7 Å². The van der Waals surface area contributed by atoms with E-state index in [2.05, 4.69) is 0 Å². The van der Waals surface area contributed by atoms with Crippen molar-refractivity contribution in [3.63, 3.8) is 0 Å². The number of ether oxygens (including phenoxy) is 3. The summed E-state index contributed by atoms with van der Waals surface area (Å²) in [5.74, 6) is 1.37. The standard InChI is InChI=1S/C24H27NO6/c1-29-24(28)16-7-9-20(10-8-16)31-22-12-18-14-25(13-17(18)11-21(22)26)23(27)15-30-19-5-3-2-4-6-19/h2-10,17-18,21-22,26H,11-15H2,1H3/t17-,18+,21+,22+/m0/s1. The number of carbonyl (C=O) groups excluding carboxylic acids is 2. The summed E-state index contributed by atoms with van der Waals surface area (Å²) in [6.45, 7) is 1.30. The molecule has 2 aromatic rings. The molecule has 0 bridgehead atoms. The highest BCUT2D eigenvalue weighted by atomic mass is 16.5. The first-order chi connectivity index (χ1) is 15.0. The van der Waals surface area contributed by atoms with Gasteiger partial charge in [-0.15, -0.1) is 0 Å². The Bertz CT molecular complexity index is 900. The van der Waals surface area contributed by atoms with Gasteiger partial charge in [0.15, 0.2) is 6.61 Å². The summed E-state index contributed by atoms with van der Waals surface area (Å²) < 4.78 is 16.3. The molecule has 2 aliphatic rings. The van der Waals surface area contributed by atoms with Crippen LogP contribution in [0.1, 0.15) is 23.2 Å². The van der Waals surface area contributed by atoms with Crippen molar-refractivity contribution in [1.29, 1.82) is 0 Å². The van der Waals surface area contributed by atoms with E-state index in [1.165, 1.54) is 7.11 Å². The molecule has 7 nitrogen and oxygen atoms in total. The minimum absolute atomic E-state index is 0.0124. The van der Waals surface area contributed by atoms with Crippen molar-refractivity contribution in [2.75, 3.05) is 26.8 Å². The molecule has 164 valence electrons. The Balaban J connectivity index is 1.31. The molecule has 31 heavy (non-hydrogen) atoms. The second kappa shape index (κ2) is 9.39. The van der Waals surface area contributed by atoms with Gasteiger partial charge in [-0.05, 0) is 61.1 Å². The topological polar surface area (TPSA) is 85.3 Å². The second-order valence-electron chi connectivity index (χ2n) is 8.13. The molecule has 2 aromatic carbocycles. The van der Waals surface area contributed by atoms with E-state index in [1.807, 2.05) is 35.2 Å². The molecule has 0 radical (unpaired) electrons. The second-order valence-corrected chi connectivity index (χ2v) is 8.13. The number of hydrogen-bond acceptors (Lipinski definition) is 6. The summed E-state index contributed by atoms with van der Waals surface area (Å²) in [5, 5.41) is 10.6. The minimum atomic E-state index is -0.600. The molecule has 1 heterocycles. The zero-order valence-electron chi connectivity index (χ0n) is 17.5. The smallest absolute Gasteiger partial charge is 0.337 e. The van der Waals surface area contributed by atoms with Gasteiger partial charge in [-0.3, -0.25) is 4.79 Å². The number of methoxy groups -OCH3 is 1. The number of likely N-dealkylation sites (tertiary alicyclic amines) is 1. The van der Waals surface area contributed by atoms with Crippen LogP contribution in [0.4, 0.5) is 0 Å². The summed E-state index contributed by atoms with van der Waals surface area (Å²) in [7, 11) is 1.34. The number of nitrogens with zero attached hydrogens (tertiary/aromatic N) is 1. The molecule has 1 amide bonds. The van der Waals surface area contributed by atoms with E-state index in [4.69, 9.17) is 14.2 Å². The largest absolute Gasteiger partial charge is 0.488 e. The third-order valence-electron chi connectivity index (χ3n) is 6.11. The SMILES string of the molecule is COC(=O)c1ccc(O[C@@H]2C[C@@H]3CN(C(=O)COc4ccccc4)C[C@@H]3C[C@H]2O)cc1. The maximum Gasteiger partial charge on any atom is 0.337 e. The first-order valence-corrected chi connectivity index (χ1v) is 10.5. The van der Waals surface area contributed by atoms with Crippen LogP contribution < -0.4 is 9.47 Å². The number of hydrogen-bond donors (Lipinski definition) is 1. The average molecular weight is 425 g/mol. The lowest BCUT2D eigenvalue weighted by molar-refractivity contribution is -0.132. The maximum atomic E-state index is 12.6. The van der Waals surface area contributed by atoms with Crippen LogP contribution in [0.3, 0.4) is 0 Å². The first-order valence-electron chi connectivity index (χ1n) is 10.5. The summed E-state index contributed by atoms with van der Waals surface area (Å²) >= 11 is 0. The lowest BCUT2D eigenvalue weighted by atomic mass is 9.78. The highest BCUT2D eigenvalue weighted by molar-refractivity contribution is 5.89. The summed E-state index contributed by atoms with van der Waals surface area (Å²) in [6.07, 6.45) is 0.324. The van der Waals surface area contributed by atoms with Crippen molar-refractivity contribution < 1.29 is 28.9 Å². The molecule has 0 spiro atoms. The lowest BCUT2D eigenvalue weighted by Crippen LogP contribution is -2.42. The fraction of sp³-hybridized carbons (Fsp3) is 0.417. The van der Waals surface area contributed by atoms with Crippen molar-refractivity contribution in [2.45, 2.75) is 25.0 Å². The predicted molar refractivity (Wildman–Crippen MR) is 113 cm³/mol. The number of amides is 1. The molecule has 1 aliphatic heterocycles. The Kier molecular flexibility index (Phi) is 6.42. The van der Waals surface area contributed by atoms with Crippen molar-refractivity contribution in [1.82, 2.24) is 4.90 Å².